The second-order valence-electron chi connectivity index (χ2n) is 4.94. The molecule has 22 heavy (non-hydrogen) atoms. The summed E-state index contributed by atoms with van der Waals surface area (Å²) < 4.78 is 5.43. The summed E-state index contributed by atoms with van der Waals surface area (Å²) in [5.41, 5.74) is 0.453. The molecule has 122 valence electrons. The van der Waals surface area contributed by atoms with Gasteiger partial charge >= 0.3 is 0 Å². The van der Waals surface area contributed by atoms with E-state index in [4.69, 9.17) is 4.74 Å². The van der Waals surface area contributed by atoms with Crippen molar-refractivity contribution in [2.24, 2.45) is 0 Å². The SMILES string of the molecule is CCCCN(CC)C(=O)CNC(=O)c1ccccc1OCC. The third-order valence-electron chi connectivity index (χ3n) is 3.35. The molecule has 0 atom stereocenters. The zero-order valence-corrected chi connectivity index (χ0v) is 13.7. The van der Waals surface area contributed by atoms with E-state index >= 15 is 0 Å². The summed E-state index contributed by atoms with van der Waals surface area (Å²) in [7, 11) is 0. The Kier molecular flexibility index (Phi) is 8.04. The first-order valence-corrected chi connectivity index (χ1v) is 7.91. The molecule has 0 aromatic heterocycles. The number of nitrogens with one attached hydrogen (secondary N) is 1. The van der Waals surface area contributed by atoms with Crippen molar-refractivity contribution in [3.63, 3.8) is 0 Å². The minimum Gasteiger partial charge on any atom is -0.493 e. The van der Waals surface area contributed by atoms with Crippen LogP contribution in [0.4, 0.5) is 0 Å². The maximum absolute atomic E-state index is 12.2. The highest BCUT2D eigenvalue weighted by molar-refractivity contribution is 5.98. The number of carbonyl (C=O) groups excluding carboxylic acids is 2. The lowest BCUT2D eigenvalue weighted by Gasteiger charge is -2.21. The van der Waals surface area contributed by atoms with Crippen molar-refractivity contribution in [3.05, 3.63) is 29.8 Å². The van der Waals surface area contributed by atoms with Crippen LogP contribution in [0.15, 0.2) is 24.3 Å². The molecule has 0 saturated carbocycles. The van der Waals surface area contributed by atoms with E-state index in [0.29, 0.717) is 24.5 Å². The van der Waals surface area contributed by atoms with Crippen LogP contribution in [-0.2, 0) is 4.79 Å². The average Bonchev–Trinajstić information content (AvgIpc) is 2.54. The molecule has 0 spiro atoms. The van der Waals surface area contributed by atoms with Gasteiger partial charge in [0.25, 0.3) is 5.91 Å². The van der Waals surface area contributed by atoms with Crippen LogP contribution in [0.25, 0.3) is 0 Å². The van der Waals surface area contributed by atoms with E-state index < -0.39 is 0 Å². The Balaban J connectivity index is 2.60. The number of ether oxygens (including phenoxy) is 1. The van der Waals surface area contributed by atoms with Gasteiger partial charge in [0.2, 0.25) is 5.91 Å². The third kappa shape index (κ3) is 5.39. The molecule has 0 radical (unpaired) electrons. The van der Waals surface area contributed by atoms with Gasteiger partial charge in [-0.2, -0.15) is 0 Å². The number of para-hydroxylation sites is 1. The lowest BCUT2D eigenvalue weighted by molar-refractivity contribution is -0.130. The molecule has 1 rings (SSSR count). The van der Waals surface area contributed by atoms with Gasteiger partial charge in [-0.05, 0) is 32.4 Å². The Bertz CT molecular complexity index is 489. The van der Waals surface area contributed by atoms with E-state index in [1.54, 1.807) is 23.1 Å². The van der Waals surface area contributed by atoms with Crippen molar-refractivity contribution in [2.75, 3.05) is 26.2 Å². The summed E-state index contributed by atoms with van der Waals surface area (Å²) in [5, 5.41) is 2.68. The van der Waals surface area contributed by atoms with E-state index in [0.717, 1.165) is 19.4 Å². The van der Waals surface area contributed by atoms with Crippen LogP contribution in [-0.4, -0.2) is 43.0 Å². The lowest BCUT2D eigenvalue weighted by atomic mass is 10.2. The van der Waals surface area contributed by atoms with Crippen LogP contribution in [0, 0.1) is 0 Å². The number of hydrogen-bond donors (Lipinski definition) is 1. The second-order valence-corrected chi connectivity index (χ2v) is 4.94. The quantitative estimate of drug-likeness (QED) is 0.762. The molecule has 5 heteroatoms. The van der Waals surface area contributed by atoms with Crippen molar-refractivity contribution in [2.45, 2.75) is 33.6 Å². The number of amides is 2. The highest BCUT2D eigenvalue weighted by Gasteiger charge is 2.15. The molecule has 2 amide bonds. The second kappa shape index (κ2) is 9.82. The van der Waals surface area contributed by atoms with Crippen molar-refractivity contribution in [3.8, 4) is 5.75 Å². The number of unbranched alkanes of at least 4 members (excludes halogenated alkanes) is 1. The van der Waals surface area contributed by atoms with Crippen molar-refractivity contribution < 1.29 is 14.3 Å². The van der Waals surface area contributed by atoms with Crippen LogP contribution < -0.4 is 10.1 Å². The van der Waals surface area contributed by atoms with Gasteiger partial charge in [-0.15, -0.1) is 0 Å². The fraction of sp³-hybridized carbons (Fsp3) is 0.529. The zero-order chi connectivity index (χ0) is 16.4. The first kappa shape index (κ1) is 18.0. The molecular weight excluding hydrogens is 280 g/mol. The molecule has 5 nitrogen and oxygen atoms in total. The summed E-state index contributed by atoms with van der Waals surface area (Å²) >= 11 is 0. The fourth-order valence-electron chi connectivity index (χ4n) is 2.11. The van der Waals surface area contributed by atoms with Crippen LogP contribution in [0.1, 0.15) is 44.0 Å². The minimum absolute atomic E-state index is 0.0108. The van der Waals surface area contributed by atoms with Crippen LogP contribution in [0.5, 0.6) is 5.75 Å². The molecule has 0 heterocycles. The normalized spacial score (nSPS) is 10.1. The molecule has 1 aromatic rings. The lowest BCUT2D eigenvalue weighted by Crippen LogP contribution is -2.40. The maximum atomic E-state index is 12.2. The van der Waals surface area contributed by atoms with Gasteiger partial charge in [-0.25, -0.2) is 0 Å². The van der Waals surface area contributed by atoms with Crippen LogP contribution in [0.3, 0.4) is 0 Å². The molecule has 1 N–H and O–H groups in total. The predicted octanol–water partition coefficient (Wildman–Crippen LogP) is 2.46. The van der Waals surface area contributed by atoms with Crippen LogP contribution in [0.2, 0.25) is 0 Å². The number of carbonyl (C=O) groups is 2. The average molecular weight is 306 g/mol. The van der Waals surface area contributed by atoms with E-state index in [9.17, 15) is 9.59 Å². The van der Waals surface area contributed by atoms with Gasteiger partial charge in [-0.3, -0.25) is 9.59 Å². The molecule has 0 aliphatic rings. The van der Waals surface area contributed by atoms with Crippen molar-refractivity contribution in [1.82, 2.24) is 10.2 Å². The standard InChI is InChI=1S/C17H26N2O3/c1-4-7-12-19(5-2)16(20)13-18-17(21)14-10-8-9-11-15(14)22-6-3/h8-11H,4-7,12-13H2,1-3H3,(H,18,21). The highest BCUT2D eigenvalue weighted by Crippen LogP contribution is 2.17. The monoisotopic (exact) mass is 306 g/mol. The molecule has 0 unspecified atom stereocenters. The van der Waals surface area contributed by atoms with Crippen molar-refractivity contribution in [1.29, 1.82) is 0 Å². The molecule has 0 aliphatic heterocycles. The Morgan fingerprint density at radius 1 is 1.18 bits per heavy atom. The zero-order valence-electron chi connectivity index (χ0n) is 13.7. The molecule has 0 aliphatic carbocycles. The Labute approximate surface area is 132 Å². The fourth-order valence-corrected chi connectivity index (χ4v) is 2.11. The van der Waals surface area contributed by atoms with Crippen molar-refractivity contribution >= 4 is 11.8 Å². The molecular formula is C17H26N2O3. The summed E-state index contributed by atoms with van der Waals surface area (Å²) in [4.78, 5) is 26.1. The predicted molar refractivity (Wildman–Crippen MR) is 87.1 cm³/mol. The van der Waals surface area contributed by atoms with Crippen LogP contribution >= 0.6 is 0 Å². The topological polar surface area (TPSA) is 58.6 Å². The number of nitrogens with zero attached hydrogens (tertiary/aromatic N) is 1. The summed E-state index contributed by atoms with van der Waals surface area (Å²) in [5.74, 6) is 0.190. The Hall–Kier alpha value is -2.04. The van der Waals surface area contributed by atoms with Gasteiger partial charge in [0, 0.05) is 13.1 Å². The Morgan fingerprint density at radius 2 is 1.91 bits per heavy atom. The summed E-state index contributed by atoms with van der Waals surface area (Å²) in [6.45, 7) is 7.79. The molecule has 0 saturated heterocycles. The number of benzene rings is 1. The first-order valence-electron chi connectivity index (χ1n) is 7.91. The number of hydrogen-bond acceptors (Lipinski definition) is 3. The van der Waals surface area contributed by atoms with E-state index in [2.05, 4.69) is 12.2 Å². The maximum Gasteiger partial charge on any atom is 0.255 e. The summed E-state index contributed by atoms with van der Waals surface area (Å²) in [6.07, 6.45) is 2.01. The number of rotatable bonds is 9. The van der Waals surface area contributed by atoms with Gasteiger partial charge in [-0.1, -0.05) is 25.5 Å². The van der Waals surface area contributed by atoms with Gasteiger partial charge < -0.3 is 15.0 Å². The number of likely N-dealkylation sites (N-methyl/N-ethyl adjacent to an activating group) is 1. The Morgan fingerprint density at radius 3 is 2.55 bits per heavy atom. The molecule has 0 bridgehead atoms. The largest absolute Gasteiger partial charge is 0.493 e. The molecule has 0 fully saturated rings. The van der Waals surface area contributed by atoms with Gasteiger partial charge in [0.05, 0.1) is 18.7 Å². The van der Waals surface area contributed by atoms with Gasteiger partial charge in [0.15, 0.2) is 0 Å². The van der Waals surface area contributed by atoms with E-state index in [-0.39, 0.29) is 18.4 Å². The van der Waals surface area contributed by atoms with Gasteiger partial charge in [0.1, 0.15) is 5.75 Å². The summed E-state index contributed by atoms with van der Waals surface area (Å²) in [6, 6.07) is 7.04. The third-order valence-corrected chi connectivity index (χ3v) is 3.35. The van der Waals surface area contributed by atoms with E-state index in [1.165, 1.54) is 0 Å². The smallest absolute Gasteiger partial charge is 0.255 e. The molecule has 1 aromatic carbocycles. The van der Waals surface area contributed by atoms with E-state index in [1.807, 2.05) is 19.9 Å². The first-order chi connectivity index (χ1) is 10.6. The highest BCUT2D eigenvalue weighted by atomic mass is 16.5. The minimum atomic E-state index is -0.288.